The molecule has 1 aromatic rings. The number of aromatic nitrogens is 1. The molecule has 116 valence electrons. The van der Waals surface area contributed by atoms with Crippen molar-refractivity contribution < 1.29 is 9.53 Å². The summed E-state index contributed by atoms with van der Waals surface area (Å²) in [6.07, 6.45) is 3.85. The fraction of sp³-hybridized carbons (Fsp3) is 0.625. The molecule has 1 aliphatic rings. The van der Waals surface area contributed by atoms with Crippen molar-refractivity contribution >= 4 is 11.8 Å². The first kappa shape index (κ1) is 15.8. The maximum Gasteiger partial charge on any atom is 0.320 e. The average Bonchev–Trinajstić information content (AvgIpc) is 2.45. The average molecular weight is 291 g/mol. The minimum absolute atomic E-state index is 0.186. The first-order valence-corrected chi connectivity index (χ1v) is 7.55. The van der Waals surface area contributed by atoms with E-state index in [0.29, 0.717) is 6.04 Å². The van der Waals surface area contributed by atoms with E-state index >= 15 is 0 Å². The number of carbonyl (C=O) groups excluding carboxylic acids is 1. The topological polar surface area (TPSA) is 54.5 Å². The smallest absolute Gasteiger partial charge is 0.320 e. The van der Waals surface area contributed by atoms with Crippen molar-refractivity contribution in [1.29, 1.82) is 0 Å². The van der Waals surface area contributed by atoms with E-state index in [1.165, 1.54) is 0 Å². The van der Waals surface area contributed by atoms with Gasteiger partial charge < -0.3 is 15.0 Å². The summed E-state index contributed by atoms with van der Waals surface area (Å²) in [6, 6.07) is 6.35. The molecular weight excluding hydrogens is 266 g/mol. The second kappa shape index (κ2) is 6.89. The minimum Gasteiger partial charge on any atom is -0.459 e. The molecule has 5 nitrogen and oxygen atoms in total. The molecule has 0 spiro atoms. The van der Waals surface area contributed by atoms with Crippen molar-refractivity contribution in [3.05, 3.63) is 24.4 Å². The number of anilines is 1. The number of esters is 1. The van der Waals surface area contributed by atoms with Gasteiger partial charge in [0.15, 0.2) is 0 Å². The molecular formula is C16H25N3O2. The van der Waals surface area contributed by atoms with Gasteiger partial charge in [0.1, 0.15) is 11.4 Å². The van der Waals surface area contributed by atoms with Gasteiger partial charge in [-0.3, -0.25) is 4.79 Å². The lowest BCUT2D eigenvalue weighted by Crippen LogP contribution is -2.45. The fourth-order valence-electron chi connectivity index (χ4n) is 2.46. The van der Waals surface area contributed by atoms with E-state index < -0.39 is 5.60 Å². The third-order valence-corrected chi connectivity index (χ3v) is 3.42. The highest BCUT2D eigenvalue weighted by Gasteiger charge is 2.21. The highest BCUT2D eigenvalue weighted by molar-refractivity contribution is 5.72. The van der Waals surface area contributed by atoms with Gasteiger partial charge in [0.25, 0.3) is 0 Å². The van der Waals surface area contributed by atoms with Crippen LogP contribution in [0.3, 0.4) is 0 Å². The molecule has 0 radical (unpaired) electrons. The summed E-state index contributed by atoms with van der Waals surface area (Å²) in [5.41, 5.74) is -0.416. The van der Waals surface area contributed by atoms with Gasteiger partial charge in [0.05, 0.1) is 6.54 Å². The van der Waals surface area contributed by atoms with Crippen molar-refractivity contribution in [2.75, 3.05) is 24.5 Å². The molecule has 1 aromatic heterocycles. The van der Waals surface area contributed by atoms with E-state index in [2.05, 4.69) is 15.2 Å². The Hall–Kier alpha value is -1.62. The van der Waals surface area contributed by atoms with Crippen LogP contribution in [0, 0.1) is 0 Å². The van der Waals surface area contributed by atoms with Crippen LogP contribution >= 0.6 is 0 Å². The lowest BCUT2D eigenvalue weighted by atomic mass is 10.1. The first-order chi connectivity index (χ1) is 9.94. The predicted octanol–water partition coefficient (Wildman–Crippen LogP) is 1.98. The van der Waals surface area contributed by atoms with Gasteiger partial charge in [-0.2, -0.15) is 0 Å². The van der Waals surface area contributed by atoms with Crippen LogP contribution in [0.4, 0.5) is 5.82 Å². The predicted molar refractivity (Wildman–Crippen MR) is 83.3 cm³/mol. The number of rotatable bonds is 4. The fourth-order valence-corrected chi connectivity index (χ4v) is 2.46. The van der Waals surface area contributed by atoms with E-state index in [9.17, 15) is 4.79 Å². The van der Waals surface area contributed by atoms with E-state index in [1.807, 2.05) is 45.2 Å². The Morgan fingerprint density at radius 1 is 1.38 bits per heavy atom. The van der Waals surface area contributed by atoms with Crippen molar-refractivity contribution in [3.63, 3.8) is 0 Å². The van der Waals surface area contributed by atoms with E-state index in [1.54, 1.807) is 0 Å². The molecule has 0 bridgehead atoms. The summed E-state index contributed by atoms with van der Waals surface area (Å²) < 4.78 is 5.30. The van der Waals surface area contributed by atoms with E-state index in [4.69, 9.17) is 4.74 Å². The van der Waals surface area contributed by atoms with Crippen molar-refractivity contribution in [3.8, 4) is 0 Å². The maximum absolute atomic E-state index is 11.7. The van der Waals surface area contributed by atoms with Crippen molar-refractivity contribution in [1.82, 2.24) is 10.3 Å². The highest BCUT2D eigenvalue weighted by atomic mass is 16.6. The zero-order valence-corrected chi connectivity index (χ0v) is 13.1. The molecule has 0 atom stereocenters. The SMILES string of the molecule is CC(C)(C)OC(=O)CNC1CCN(c2ccccn2)CC1. The molecule has 0 aromatic carbocycles. The van der Waals surface area contributed by atoms with Gasteiger partial charge in [-0.1, -0.05) is 6.07 Å². The monoisotopic (exact) mass is 291 g/mol. The zero-order valence-electron chi connectivity index (χ0n) is 13.1. The highest BCUT2D eigenvalue weighted by Crippen LogP contribution is 2.17. The molecule has 1 aliphatic heterocycles. The summed E-state index contributed by atoms with van der Waals surface area (Å²) in [5, 5.41) is 3.29. The van der Waals surface area contributed by atoms with Crippen LogP contribution < -0.4 is 10.2 Å². The second-order valence-electron chi connectivity index (χ2n) is 6.42. The maximum atomic E-state index is 11.7. The largest absolute Gasteiger partial charge is 0.459 e. The Morgan fingerprint density at radius 2 is 2.10 bits per heavy atom. The number of nitrogens with one attached hydrogen (secondary N) is 1. The third kappa shape index (κ3) is 5.34. The summed E-state index contributed by atoms with van der Waals surface area (Å²) in [7, 11) is 0. The standard InChI is InChI=1S/C16H25N3O2/c1-16(2,3)21-15(20)12-18-13-7-10-19(11-8-13)14-6-4-5-9-17-14/h4-6,9,13,18H,7-8,10-12H2,1-3H3. The van der Waals surface area contributed by atoms with Crippen LogP contribution in [0.2, 0.25) is 0 Å². The van der Waals surface area contributed by atoms with Crippen LogP contribution in [0.25, 0.3) is 0 Å². The molecule has 0 aliphatic carbocycles. The summed E-state index contributed by atoms with van der Waals surface area (Å²) in [6.45, 7) is 7.86. The van der Waals surface area contributed by atoms with Gasteiger partial charge in [-0.15, -0.1) is 0 Å². The van der Waals surface area contributed by atoms with Gasteiger partial charge in [-0.25, -0.2) is 4.98 Å². The number of hydrogen-bond acceptors (Lipinski definition) is 5. The molecule has 21 heavy (non-hydrogen) atoms. The summed E-state index contributed by atoms with van der Waals surface area (Å²) in [4.78, 5) is 18.3. The number of nitrogens with zero attached hydrogens (tertiary/aromatic N) is 2. The van der Waals surface area contributed by atoms with Crippen molar-refractivity contribution in [2.24, 2.45) is 0 Å². The van der Waals surface area contributed by atoms with Crippen LogP contribution in [-0.2, 0) is 9.53 Å². The lowest BCUT2D eigenvalue weighted by molar-refractivity contribution is -0.153. The molecule has 1 saturated heterocycles. The molecule has 1 N–H and O–H groups in total. The second-order valence-corrected chi connectivity index (χ2v) is 6.42. The van der Waals surface area contributed by atoms with Gasteiger partial charge in [-0.05, 0) is 45.7 Å². The van der Waals surface area contributed by atoms with E-state index in [0.717, 1.165) is 31.7 Å². The zero-order chi connectivity index (χ0) is 15.3. The molecule has 1 fully saturated rings. The first-order valence-electron chi connectivity index (χ1n) is 7.55. The van der Waals surface area contributed by atoms with Gasteiger partial charge in [0.2, 0.25) is 0 Å². The molecule has 0 saturated carbocycles. The summed E-state index contributed by atoms with van der Waals surface area (Å²) >= 11 is 0. The minimum atomic E-state index is -0.416. The Morgan fingerprint density at radius 3 is 2.67 bits per heavy atom. The Kier molecular flexibility index (Phi) is 5.17. The van der Waals surface area contributed by atoms with Gasteiger partial charge in [0, 0.05) is 25.3 Å². The molecule has 0 unspecified atom stereocenters. The number of ether oxygens (including phenoxy) is 1. The van der Waals surface area contributed by atoms with E-state index in [-0.39, 0.29) is 12.5 Å². The number of hydrogen-bond donors (Lipinski definition) is 1. The van der Waals surface area contributed by atoms with Gasteiger partial charge >= 0.3 is 5.97 Å². The Labute approximate surface area is 126 Å². The Bertz CT molecular complexity index is 448. The number of pyridine rings is 1. The quantitative estimate of drug-likeness (QED) is 0.860. The Balaban J connectivity index is 1.71. The normalized spacial score (nSPS) is 16.8. The lowest BCUT2D eigenvalue weighted by Gasteiger charge is -2.33. The van der Waals surface area contributed by atoms with Crippen LogP contribution in [-0.4, -0.2) is 42.2 Å². The van der Waals surface area contributed by atoms with Crippen LogP contribution in [0.5, 0.6) is 0 Å². The van der Waals surface area contributed by atoms with Crippen LogP contribution in [0.15, 0.2) is 24.4 Å². The third-order valence-electron chi connectivity index (χ3n) is 3.42. The number of piperidine rings is 1. The van der Waals surface area contributed by atoms with Crippen molar-refractivity contribution in [2.45, 2.75) is 45.3 Å². The molecule has 5 heteroatoms. The molecule has 2 rings (SSSR count). The summed E-state index contributed by atoms with van der Waals surface area (Å²) in [5.74, 6) is 0.845. The van der Waals surface area contributed by atoms with Crippen LogP contribution in [0.1, 0.15) is 33.6 Å². The number of carbonyl (C=O) groups is 1. The molecule has 2 heterocycles. The molecule has 0 amide bonds.